The van der Waals surface area contributed by atoms with E-state index in [9.17, 15) is 4.79 Å². The zero-order valence-electron chi connectivity index (χ0n) is 21.0. The van der Waals surface area contributed by atoms with E-state index in [0.29, 0.717) is 24.1 Å². The molecule has 1 fully saturated rings. The van der Waals surface area contributed by atoms with E-state index < -0.39 is 5.60 Å². The highest BCUT2D eigenvalue weighted by molar-refractivity contribution is 7.97. The van der Waals surface area contributed by atoms with Crippen molar-refractivity contribution in [3.63, 3.8) is 0 Å². The van der Waals surface area contributed by atoms with E-state index in [1.165, 1.54) is 0 Å². The summed E-state index contributed by atoms with van der Waals surface area (Å²) < 4.78 is 11.6. The lowest BCUT2D eigenvalue weighted by Crippen LogP contribution is -2.45. The van der Waals surface area contributed by atoms with Crippen molar-refractivity contribution in [2.45, 2.75) is 76.7 Å². The lowest BCUT2D eigenvalue weighted by molar-refractivity contribution is 0.0131. The van der Waals surface area contributed by atoms with Gasteiger partial charge in [0, 0.05) is 18.6 Å². The van der Waals surface area contributed by atoms with Crippen LogP contribution in [0.15, 0.2) is 47.5 Å². The van der Waals surface area contributed by atoms with Crippen LogP contribution in [0.1, 0.15) is 59.4 Å². The summed E-state index contributed by atoms with van der Waals surface area (Å²) in [5, 5.41) is 9.88. The second kappa shape index (κ2) is 11.3. The van der Waals surface area contributed by atoms with Crippen LogP contribution in [0.3, 0.4) is 0 Å². The molecule has 1 saturated heterocycles. The average Bonchev–Trinajstić information content (AvgIpc) is 3.09. The number of likely N-dealkylation sites (tertiary alicyclic amines) is 1. The molecule has 8 heteroatoms. The number of carbonyl (C=O) groups is 1. The number of hydrogen-bond donors (Lipinski definition) is 2. The third-order valence-electron chi connectivity index (χ3n) is 5.85. The van der Waals surface area contributed by atoms with Gasteiger partial charge < -0.3 is 19.7 Å². The minimum absolute atomic E-state index is 0.201. The third-order valence-corrected chi connectivity index (χ3v) is 6.31. The lowest BCUT2D eigenvalue weighted by Gasteiger charge is -2.33. The minimum Gasteiger partial charge on any atom is -0.485 e. The Bertz CT molecular complexity index is 947. The van der Waals surface area contributed by atoms with Crippen LogP contribution in [0.25, 0.3) is 0 Å². The van der Waals surface area contributed by atoms with Gasteiger partial charge in [-0.3, -0.25) is 5.14 Å². The Balaban J connectivity index is 1.52. The molecule has 1 aliphatic heterocycles. The van der Waals surface area contributed by atoms with Crippen molar-refractivity contribution in [2.75, 3.05) is 18.4 Å². The standard InChI is InChI=1S/C26H38N4O3S/c1-25(2,3)33-24(31)30-17-20(16-26(30,4)5)12-9-15-28-23-21(13-14-22(29-23)34-27)32-18-19-10-7-6-8-11-19/h6-8,10-11,13-14,20H,9,12,15-18,27H2,1-5H3,(H,28,29). The van der Waals surface area contributed by atoms with Crippen LogP contribution in [0, 0.1) is 5.92 Å². The maximum absolute atomic E-state index is 12.7. The summed E-state index contributed by atoms with van der Waals surface area (Å²) in [6.07, 6.45) is 2.72. The number of aromatic nitrogens is 1. The number of pyridine rings is 1. The Labute approximate surface area is 207 Å². The van der Waals surface area contributed by atoms with Gasteiger partial charge in [0.25, 0.3) is 0 Å². The number of carbonyl (C=O) groups excluding carboxylic acids is 1. The molecule has 186 valence electrons. The van der Waals surface area contributed by atoms with Crippen LogP contribution < -0.4 is 15.2 Å². The Hall–Kier alpha value is -2.45. The number of ether oxygens (including phenoxy) is 2. The molecular weight excluding hydrogens is 448 g/mol. The second-order valence-electron chi connectivity index (χ2n) is 10.4. The molecule has 1 aliphatic rings. The largest absolute Gasteiger partial charge is 0.485 e. The monoisotopic (exact) mass is 486 g/mol. The van der Waals surface area contributed by atoms with Gasteiger partial charge in [0.2, 0.25) is 0 Å². The van der Waals surface area contributed by atoms with E-state index in [1.54, 1.807) is 0 Å². The smallest absolute Gasteiger partial charge is 0.410 e. The molecule has 1 aromatic carbocycles. The van der Waals surface area contributed by atoms with Crippen LogP contribution in [0.5, 0.6) is 5.75 Å². The minimum atomic E-state index is -0.487. The van der Waals surface area contributed by atoms with Crippen LogP contribution >= 0.6 is 11.9 Å². The second-order valence-corrected chi connectivity index (χ2v) is 11.1. The molecule has 3 rings (SSSR count). The Morgan fingerprint density at radius 1 is 1.24 bits per heavy atom. The molecule has 1 aromatic heterocycles. The quantitative estimate of drug-likeness (QED) is 0.339. The van der Waals surface area contributed by atoms with Crippen molar-refractivity contribution >= 4 is 23.9 Å². The topological polar surface area (TPSA) is 89.7 Å². The van der Waals surface area contributed by atoms with Gasteiger partial charge >= 0.3 is 6.09 Å². The molecule has 34 heavy (non-hydrogen) atoms. The third kappa shape index (κ3) is 7.53. The fraction of sp³-hybridized carbons (Fsp3) is 0.538. The Kier molecular flexibility index (Phi) is 8.71. The van der Waals surface area contributed by atoms with Gasteiger partial charge in [-0.05, 0) is 89.4 Å². The number of nitrogens with zero attached hydrogens (tertiary/aromatic N) is 2. The van der Waals surface area contributed by atoms with E-state index >= 15 is 0 Å². The van der Waals surface area contributed by atoms with E-state index in [2.05, 4.69) is 24.1 Å². The first kappa shape index (κ1) is 26.2. The predicted octanol–water partition coefficient (Wildman–Crippen LogP) is 5.85. The molecular formula is C26H38N4O3S. The van der Waals surface area contributed by atoms with Crippen LogP contribution in [-0.2, 0) is 11.3 Å². The maximum Gasteiger partial charge on any atom is 0.410 e. The summed E-state index contributed by atoms with van der Waals surface area (Å²) in [5.41, 5.74) is 0.412. The van der Waals surface area contributed by atoms with Crippen LogP contribution in [0.2, 0.25) is 0 Å². The van der Waals surface area contributed by atoms with Gasteiger partial charge in [-0.15, -0.1) is 0 Å². The Morgan fingerprint density at radius 2 is 1.97 bits per heavy atom. The number of nitrogens with one attached hydrogen (secondary N) is 1. The summed E-state index contributed by atoms with van der Waals surface area (Å²) in [4.78, 5) is 19.1. The fourth-order valence-corrected chi connectivity index (χ4v) is 4.58. The molecule has 0 spiro atoms. The molecule has 3 N–H and O–H groups in total. The molecule has 0 radical (unpaired) electrons. The molecule has 0 saturated carbocycles. The SMILES string of the molecule is CC(C)(C)OC(=O)N1CC(CCCNc2nc(SN)ccc2OCc2ccccc2)CC1(C)C. The fourth-order valence-electron chi connectivity index (χ4n) is 4.29. The number of nitrogens with two attached hydrogens (primary N) is 1. The van der Waals surface area contributed by atoms with E-state index in [0.717, 1.165) is 54.9 Å². The van der Waals surface area contributed by atoms with Gasteiger partial charge in [-0.1, -0.05) is 30.3 Å². The van der Waals surface area contributed by atoms with Gasteiger partial charge in [0.1, 0.15) is 17.2 Å². The van der Waals surface area contributed by atoms with Crippen molar-refractivity contribution < 1.29 is 14.3 Å². The van der Waals surface area contributed by atoms with E-state index in [-0.39, 0.29) is 11.6 Å². The number of benzene rings is 1. The Morgan fingerprint density at radius 3 is 2.65 bits per heavy atom. The summed E-state index contributed by atoms with van der Waals surface area (Å²) in [5.74, 6) is 1.85. The molecule has 1 atom stereocenters. The number of rotatable bonds is 9. The number of amides is 1. The summed E-state index contributed by atoms with van der Waals surface area (Å²) in [6.45, 7) is 11.9. The van der Waals surface area contributed by atoms with Crippen molar-refractivity contribution in [3.05, 3.63) is 48.0 Å². The normalized spacial score (nSPS) is 17.5. The highest BCUT2D eigenvalue weighted by atomic mass is 32.2. The van der Waals surface area contributed by atoms with Gasteiger partial charge in [-0.25, -0.2) is 9.78 Å². The first-order valence-corrected chi connectivity index (χ1v) is 12.7. The molecule has 1 unspecified atom stereocenters. The molecule has 0 bridgehead atoms. The lowest BCUT2D eigenvalue weighted by atomic mass is 9.93. The van der Waals surface area contributed by atoms with Crippen LogP contribution in [0.4, 0.5) is 10.6 Å². The molecule has 2 heterocycles. The summed E-state index contributed by atoms with van der Waals surface area (Å²) in [6, 6.07) is 13.8. The first-order valence-electron chi connectivity index (χ1n) is 11.9. The zero-order valence-corrected chi connectivity index (χ0v) is 21.8. The van der Waals surface area contributed by atoms with E-state index in [4.69, 9.17) is 14.6 Å². The number of hydrogen-bond acceptors (Lipinski definition) is 7. The predicted molar refractivity (Wildman–Crippen MR) is 138 cm³/mol. The average molecular weight is 487 g/mol. The molecule has 0 aliphatic carbocycles. The first-order chi connectivity index (χ1) is 16.1. The van der Waals surface area contributed by atoms with Gasteiger partial charge in [0.05, 0.1) is 0 Å². The zero-order chi connectivity index (χ0) is 24.8. The van der Waals surface area contributed by atoms with E-state index in [1.807, 2.05) is 68.1 Å². The van der Waals surface area contributed by atoms with Gasteiger partial charge in [-0.2, -0.15) is 0 Å². The van der Waals surface area contributed by atoms with Crippen molar-refractivity contribution in [1.29, 1.82) is 0 Å². The van der Waals surface area contributed by atoms with Crippen LogP contribution in [-0.4, -0.2) is 40.2 Å². The van der Waals surface area contributed by atoms with Crippen molar-refractivity contribution in [1.82, 2.24) is 9.88 Å². The highest BCUT2D eigenvalue weighted by Crippen LogP contribution is 2.36. The number of anilines is 1. The molecule has 7 nitrogen and oxygen atoms in total. The summed E-state index contributed by atoms with van der Waals surface area (Å²) in [7, 11) is 0. The maximum atomic E-state index is 12.7. The van der Waals surface area contributed by atoms with Crippen molar-refractivity contribution in [2.24, 2.45) is 11.1 Å². The van der Waals surface area contributed by atoms with Gasteiger partial charge in [0.15, 0.2) is 11.6 Å². The highest BCUT2D eigenvalue weighted by Gasteiger charge is 2.42. The summed E-state index contributed by atoms with van der Waals surface area (Å²) >= 11 is 1.12. The molecule has 1 amide bonds. The molecule has 2 aromatic rings. The van der Waals surface area contributed by atoms with Crippen molar-refractivity contribution in [3.8, 4) is 5.75 Å².